The molecule has 0 bridgehead atoms. The van der Waals surface area contributed by atoms with Crippen molar-refractivity contribution in [2.75, 3.05) is 14.1 Å². The minimum atomic E-state index is -0.428. The van der Waals surface area contributed by atoms with E-state index in [2.05, 4.69) is 10.3 Å². The first kappa shape index (κ1) is 14.0. The van der Waals surface area contributed by atoms with Crippen LogP contribution in [0.15, 0.2) is 30.5 Å². The van der Waals surface area contributed by atoms with Gasteiger partial charge < -0.3 is 9.64 Å². The van der Waals surface area contributed by atoms with Crippen molar-refractivity contribution in [3.63, 3.8) is 0 Å². The highest BCUT2D eigenvalue weighted by Gasteiger charge is 2.09. The maximum absolute atomic E-state index is 13.3. The molecule has 2 aromatic rings. The number of halogens is 1. The summed E-state index contributed by atoms with van der Waals surface area (Å²) >= 11 is 0. The van der Waals surface area contributed by atoms with Crippen molar-refractivity contribution in [1.82, 2.24) is 19.9 Å². The fourth-order valence-corrected chi connectivity index (χ4v) is 1.48. The van der Waals surface area contributed by atoms with Crippen LogP contribution < -0.4 is 4.74 Å². The van der Waals surface area contributed by atoms with Crippen LogP contribution >= 0.6 is 0 Å². The molecule has 0 saturated heterocycles. The average molecular weight is 278 g/mol. The number of benzene rings is 1. The lowest BCUT2D eigenvalue weighted by Gasteiger charge is -2.08. The quantitative estimate of drug-likeness (QED) is 0.821. The van der Waals surface area contributed by atoms with Crippen molar-refractivity contribution < 1.29 is 13.9 Å². The maximum Gasteiger partial charge on any atom is 0.243 e. The number of likely N-dealkylation sites (N-methyl/N-ethyl adjacent to an activating group) is 1. The number of carbonyl (C=O) groups is 1. The van der Waals surface area contributed by atoms with Crippen LogP contribution in [0.1, 0.15) is 5.69 Å². The Balaban J connectivity index is 1.93. The zero-order valence-corrected chi connectivity index (χ0v) is 11.3. The summed E-state index contributed by atoms with van der Waals surface area (Å²) in [5.74, 6) is -0.356. The van der Waals surface area contributed by atoms with Crippen LogP contribution in [0.4, 0.5) is 4.39 Å². The molecule has 0 radical (unpaired) electrons. The normalized spacial score (nSPS) is 10.3. The predicted octanol–water partition coefficient (Wildman–Crippen LogP) is 1.08. The molecule has 1 aromatic heterocycles. The molecule has 0 aliphatic heterocycles. The fourth-order valence-electron chi connectivity index (χ4n) is 1.48. The van der Waals surface area contributed by atoms with Gasteiger partial charge >= 0.3 is 0 Å². The summed E-state index contributed by atoms with van der Waals surface area (Å²) in [6.45, 7) is 0.205. The molecule has 0 spiro atoms. The number of nitrogens with zero attached hydrogens (tertiary/aromatic N) is 4. The Hall–Kier alpha value is -2.44. The van der Waals surface area contributed by atoms with Crippen LogP contribution in [0, 0.1) is 5.82 Å². The lowest BCUT2D eigenvalue weighted by molar-refractivity contribution is -0.129. The molecular weight excluding hydrogens is 263 g/mol. The van der Waals surface area contributed by atoms with Gasteiger partial charge in [-0.05, 0) is 12.1 Å². The molecule has 0 saturated carbocycles. The molecule has 1 aromatic carbocycles. The molecule has 0 N–H and O–H groups in total. The maximum atomic E-state index is 13.3. The van der Waals surface area contributed by atoms with E-state index in [1.165, 1.54) is 21.7 Å². The molecule has 0 atom stereocenters. The monoisotopic (exact) mass is 278 g/mol. The van der Waals surface area contributed by atoms with Crippen LogP contribution in [0.25, 0.3) is 0 Å². The first-order chi connectivity index (χ1) is 9.56. The first-order valence-corrected chi connectivity index (χ1v) is 6.03. The highest BCUT2D eigenvalue weighted by molar-refractivity contribution is 5.75. The van der Waals surface area contributed by atoms with Crippen LogP contribution in [0.2, 0.25) is 0 Å². The largest absolute Gasteiger partial charge is 0.484 e. The molecular formula is C13H15FN4O2. The van der Waals surface area contributed by atoms with Gasteiger partial charge in [0.05, 0.1) is 6.20 Å². The Morgan fingerprint density at radius 1 is 1.40 bits per heavy atom. The summed E-state index contributed by atoms with van der Waals surface area (Å²) in [5.41, 5.74) is 0.528. The smallest absolute Gasteiger partial charge is 0.243 e. The molecule has 106 valence electrons. The first-order valence-electron chi connectivity index (χ1n) is 6.03. The van der Waals surface area contributed by atoms with Crippen LogP contribution in [0.5, 0.6) is 5.75 Å². The van der Waals surface area contributed by atoms with Crippen molar-refractivity contribution in [3.8, 4) is 5.75 Å². The van der Waals surface area contributed by atoms with Crippen molar-refractivity contribution in [2.45, 2.75) is 13.2 Å². The zero-order chi connectivity index (χ0) is 14.5. The second-order valence-electron chi connectivity index (χ2n) is 4.41. The van der Waals surface area contributed by atoms with E-state index < -0.39 is 5.82 Å². The summed E-state index contributed by atoms with van der Waals surface area (Å²) < 4.78 is 20.1. The van der Waals surface area contributed by atoms with Gasteiger partial charge in [-0.3, -0.25) is 4.79 Å². The lowest BCUT2D eigenvalue weighted by Crippen LogP contribution is -2.26. The molecule has 6 nitrogen and oxygen atoms in total. The summed E-state index contributed by atoms with van der Waals surface area (Å²) in [5, 5.41) is 7.69. The number of aromatic nitrogens is 3. The molecule has 1 heterocycles. The standard InChI is InChI=1S/C13H15FN4O2/c1-17(2)13(19)8-18-7-10(15-16-18)9-20-12-6-4-3-5-11(12)14/h3-7H,8-9H2,1-2H3. The number of carbonyl (C=O) groups excluding carboxylic acids is 1. The van der Waals surface area contributed by atoms with E-state index in [0.717, 1.165) is 0 Å². The minimum Gasteiger partial charge on any atom is -0.484 e. The van der Waals surface area contributed by atoms with Gasteiger partial charge in [0.15, 0.2) is 11.6 Å². The zero-order valence-electron chi connectivity index (χ0n) is 11.3. The van der Waals surface area contributed by atoms with Gasteiger partial charge in [0.25, 0.3) is 0 Å². The Labute approximate surface area is 115 Å². The van der Waals surface area contributed by atoms with Gasteiger partial charge in [-0.2, -0.15) is 0 Å². The van der Waals surface area contributed by atoms with Crippen molar-refractivity contribution in [1.29, 1.82) is 0 Å². The predicted molar refractivity (Wildman–Crippen MR) is 69.4 cm³/mol. The molecule has 0 aliphatic rings. The fraction of sp³-hybridized carbons (Fsp3) is 0.308. The third-order valence-electron chi connectivity index (χ3n) is 2.59. The third-order valence-corrected chi connectivity index (χ3v) is 2.59. The van der Waals surface area contributed by atoms with Gasteiger partial charge in [-0.25, -0.2) is 9.07 Å². The summed E-state index contributed by atoms with van der Waals surface area (Å²) in [7, 11) is 3.34. The number of ether oxygens (including phenoxy) is 1. The second-order valence-corrected chi connectivity index (χ2v) is 4.41. The van der Waals surface area contributed by atoms with E-state index in [1.54, 1.807) is 32.4 Å². The minimum absolute atomic E-state index is 0.0866. The molecule has 0 fully saturated rings. The van der Waals surface area contributed by atoms with Crippen molar-refractivity contribution in [2.24, 2.45) is 0 Å². The number of para-hydroxylation sites is 1. The van der Waals surface area contributed by atoms with Gasteiger partial charge in [-0.1, -0.05) is 17.3 Å². The van der Waals surface area contributed by atoms with Crippen LogP contribution in [-0.4, -0.2) is 39.9 Å². The van der Waals surface area contributed by atoms with E-state index >= 15 is 0 Å². The second kappa shape index (κ2) is 6.14. The van der Waals surface area contributed by atoms with Gasteiger partial charge in [0, 0.05) is 14.1 Å². The van der Waals surface area contributed by atoms with E-state index in [0.29, 0.717) is 5.69 Å². The Morgan fingerprint density at radius 2 is 2.15 bits per heavy atom. The van der Waals surface area contributed by atoms with E-state index in [1.807, 2.05) is 0 Å². The lowest BCUT2D eigenvalue weighted by atomic mass is 10.3. The molecule has 2 rings (SSSR count). The number of hydrogen-bond acceptors (Lipinski definition) is 4. The summed E-state index contributed by atoms with van der Waals surface area (Å²) in [6.07, 6.45) is 1.60. The number of hydrogen-bond donors (Lipinski definition) is 0. The Bertz CT molecular complexity index is 598. The van der Waals surface area contributed by atoms with E-state index in [-0.39, 0.29) is 24.8 Å². The van der Waals surface area contributed by atoms with Crippen LogP contribution in [0.3, 0.4) is 0 Å². The number of amides is 1. The van der Waals surface area contributed by atoms with Crippen LogP contribution in [-0.2, 0) is 17.9 Å². The molecule has 20 heavy (non-hydrogen) atoms. The van der Waals surface area contributed by atoms with Crippen molar-refractivity contribution >= 4 is 5.91 Å². The number of rotatable bonds is 5. The van der Waals surface area contributed by atoms with Gasteiger partial charge in [0.2, 0.25) is 5.91 Å². The molecule has 1 amide bonds. The van der Waals surface area contributed by atoms with E-state index in [4.69, 9.17) is 4.74 Å². The van der Waals surface area contributed by atoms with Gasteiger partial charge in [-0.15, -0.1) is 5.10 Å². The van der Waals surface area contributed by atoms with E-state index in [9.17, 15) is 9.18 Å². The molecule has 7 heteroatoms. The Morgan fingerprint density at radius 3 is 2.85 bits per heavy atom. The summed E-state index contributed by atoms with van der Waals surface area (Å²) in [6, 6.07) is 6.13. The highest BCUT2D eigenvalue weighted by Crippen LogP contribution is 2.16. The SMILES string of the molecule is CN(C)C(=O)Cn1cc(COc2ccccc2F)nn1. The van der Waals surface area contributed by atoms with Gasteiger partial charge in [0.1, 0.15) is 18.8 Å². The Kier molecular flexibility index (Phi) is 4.29. The topological polar surface area (TPSA) is 60.2 Å². The average Bonchev–Trinajstić information content (AvgIpc) is 2.85. The molecule has 0 unspecified atom stereocenters. The highest BCUT2D eigenvalue weighted by atomic mass is 19.1. The third kappa shape index (κ3) is 3.53. The molecule has 0 aliphatic carbocycles. The van der Waals surface area contributed by atoms with Crippen molar-refractivity contribution in [3.05, 3.63) is 42.0 Å². The summed E-state index contributed by atoms with van der Waals surface area (Å²) in [4.78, 5) is 13.0.